The van der Waals surface area contributed by atoms with E-state index >= 15 is 0 Å². The number of hydrogen-bond donors (Lipinski definition) is 1. The van der Waals surface area contributed by atoms with Crippen LogP contribution in [0.25, 0.3) is 11.5 Å². The van der Waals surface area contributed by atoms with Crippen molar-refractivity contribution >= 4 is 17.7 Å². The van der Waals surface area contributed by atoms with Crippen LogP contribution in [0.2, 0.25) is 0 Å². The topological polar surface area (TPSA) is 77.2 Å². The third kappa shape index (κ3) is 4.09. The van der Waals surface area contributed by atoms with Crippen molar-refractivity contribution in [1.82, 2.24) is 15.5 Å². The average molecular weight is 305 g/mol. The Balaban J connectivity index is 2.01. The van der Waals surface area contributed by atoms with Gasteiger partial charge in [0.1, 0.15) is 5.75 Å². The highest BCUT2D eigenvalue weighted by Gasteiger charge is 2.14. The Morgan fingerprint density at radius 3 is 3.05 bits per heavy atom. The second-order valence-corrected chi connectivity index (χ2v) is 4.88. The van der Waals surface area contributed by atoms with Crippen LogP contribution in [0.4, 0.5) is 0 Å². The summed E-state index contributed by atoms with van der Waals surface area (Å²) < 4.78 is 10.8. The van der Waals surface area contributed by atoms with Crippen LogP contribution in [-0.2, 0) is 4.79 Å². The van der Waals surface area contributed by atoms with Crippen LogP contribution in [0.3, 0.4) is 0 Å². The number of nitrogens with zero attached hydrogens (tertiary/aromatic N) is 2. The fourth-order valence-corrected chi connectivity index (χ4v) is 2.16. The van der Waals surface area contributed by atoms with Gasteiger partial charge in [-0.1, -0.05) is 30.0 Å². The first-order valence-corrected chi connectivity index (χ1v) is 7.20. The molecule has 0 saturated carbocycles. The Morgan fingerprint density at radius 1 is 1.48 bits per heavy atom. The monoisotopic (exact) mass is 305 g/mol. The lowest BCUT2D eigenvalue weighted by atomic mass is 10.2. The SMILES string of the molecule is C=CCNC(=O)CSc1nnc(-c2ccccc2OC)o1. The van der Waals surface area contributed by atoms with Crippen molar-refractivity contribution < 1.29 is 13.9 Å². The first-order chi connectivity index (χ1) is 10.2. The van der Waals surface area contributed by atoms with Crippen molar-refractivity contribution in [2.75, 3.05) is 19.4 Å². The van der Waals surface area contributed by atoms with E-state index in [2.05, 4.69) is 22.1 Å². The minimum Gasteiger partial charge on any atom is -0.496 e. The Bertz CT molecular complexity index is 627. The normalized spacial score (nSPS) is 10.1. The minimum absolute atomic E-state index is 0.114. The molecule has 0 radical (unpaired) electrons. The van der Waals surface area contributed by atoms with E-state index < -0.39 is 0 Å². The Labute approximate surface area is 126 Å². The van der Waals surface area contributed by atoms with E-state index in [1.807, 2.05) is 24.3 Å². The molecule has 21 heavy (non-hydrogen) atoms. The van der Waals surface area contributed by atoms with Gasteiger partial charge in [0, 0.05) is 6.54 Å². The number of thioether (sulfide) groups is 1. The van der Waals surface area contributed by atoms with Crippen LogP contribution >= 0.6 is 11.8 Å². The second-order valence-electron chi connectivity index (χ2n) is 3.95. The Kier molecular flexibility index (Phi) is 5.39. The van der Waals surface area contributed by atoms with E-state index in [9.17, 15) is 4.79 Å². The first-order valence-electron chi connectivity index (χ1n) is 6.22. The number of ether oxygens (including phenoxy) is 1. The second kappa shape index (κ2) is 7.49. The summed E-state index contributed by atoms with van der Waals surface area (Å²) in [5.41, 5.74) is 0.718. The van der Waals surface area contributed by atoms with Gasteiger partial charge in [0.25, 0.3) is 11.1 Å². The number of amides is 1. The molecule has 1 aromatic carbocycles. The van der Waals surface area contributed by atoms with Crippen LogP contribution in [0.1, 0.15) is 0 Å². The molecular weight excluding hydrogens is 290 g/mol. The molecule has 0 saturated heterocycles. The third-order valence-electron chi connectivity index (χ3n) is 2.51. The van der Waals surface area contributed by atoms with E-state index in [0.717, 1.165) is 5.56 Å². The molecule has 6 nitrogen and oxygen atoms in total. The van der Waals surface area contributed by atoms with Gasteiger partial charge in [0.05, 0.1) is 18.4 Å². The maximum atomic E-state index is 11.5. The quantitative estimate of drug-likeness (QED) is 0.624. The molecule has 0 bridgehead atoms. The highest BCUT2D eigenvalue weighted by molar-refractivity contribution is 7.99. The summed E-state index contributed by atoms with van der Waals surface area (Å²) in [7, 11) is 1.58. The van der Waals surface area contributed by atoms with Gasteiger partial charge in [-0.2, -0.15) is 0 Å². The zero-order valence-corrected chi connectivity index (χ0v) is 12.4. The van der Waals surface area contributed by atoms with E-state index in [1.54, 1.807) is 13.2 Å². The van der Waals surface area contributed by atoms with Crippen molar-refractivity contribution in [3.05, 3.63) is 36.9 Å². The van der Waals surface area contributed by atoms with Gasteiger partial charge in [-0.15, -0.1) is 16.8 Å². The fourth-order valence-electron chi connectivity index (χ4n) is 1.56. The fraction of sp³-hybridized carbons (Fsp3) is 0.214. The molecule has 0 unspecified atom stereocenters. The predicted molar refractivity (Wildman–Crippen MR) is 80.2 cm³/mol. The van der Waals surface area contributed by atoms with Crippen molar-refractivity contribution in [3.8, 4) is 17.2 Å². The molecule has 1 aromatic heterocycles. The summed E-state index contributed by atoms with van der Waals surface area (Å²) in [5, 5.41) is 10.9. The highest BCUT2D eigenvalue weighted by Crippen LogP contribution is 2.30. The number of aromatic nitrogens is 2. The number of nitrogens with one attached hydrogen (secondary N) is 1. The summed E-state index contributed by atoms with van der Waals surface area (Å²) in [4.78, 5) is 11.5. The van der Waals surface area contributed by atoms with E-state index in [0.29, 0.717) is 23.4 Å². The van der Waals surface area contributed by atoms with Gasteiger partial charge < -0.3 is 14.5 Å². The van der Waals surface area contributed by atoms with Crippen molar-refractivity contribution in [3.63, 3.8) is 0 Å². The molecule has 0 spiro atoms. The summed E-state index contributed by atoms with van der Waals surface area (Å²) in [6, 6.07) is 7.36. The van der Waals surface area contributed by atoms with Gasteiger partial charge >= 0.3 is 0 Å². The van der Waals surface area contributed by atoms with Crippen molar-refractivity contribution in [2.45, 2.75) is 5.22 Å². The summed E-state index contributed by atoms with van der Waals surface area (Å²) in [5.74, 6) is 1.11. The largest absolute Gasteiger partial charge is 0.496 e. The lowest BCUT2D eigenvalue weighted by Gasteiger charge is -2.03. The van der Waals surface area contributed by atoms with Crippen LogP contribution in [0, 0.1) is 0 Å². The third-order valence-corrected chi connectivity index (χ3v) is 3.33. The molecule has 1 heterocycles. The highest BCUT2D eigenvalue weighted by atomic mass is 32.2. The number of methoxy groups -OCH3 is 1. The number of benzene rings is 1. The summed E-state index contributed by atoms with van der Waals surface area (Å²) in [6.07, 6.45) is 1.62. The average Bonchev–Trinajstić information content (AvgIpc) is 2.99. The molecule has 7 heteroatoms. The number of rotatable bonds is 7. The molecule has 110 valence electrons. The van der Waals surface area contributed by atoms with Crippen molar-refractivity contribution in [2.24, 2.45) is 0 Å². The molecule has 1 amide bonds. The molecule has 0 aliphatic rings. The summed E-state index contributed by atoms with van der Waals surface area (Å²) >= 11 is 1.18. The first kappa shape index (κ1) is 15.1. The molecule has 0 aliphatic carbocycles. The summed E-state index contributed by atoms with van der Waals surface area (Å²) in [6.45, 7) is 3.97. The van der Waals surface area contributed by atoms with Gasteiger partial charge in [-0.05, 0) is 12.1 Å². The number of para-hydroxylation sites is 1. The minimum atomic E-state index is -0.114. The van der Waals surface area contributed by atoms with Gasteiger partial charge in [0.15, 0.2) is 0 Å². The van der Waals surface area contributed by atoms with Gasteiger partial charge in [-0.25, -0.2) is 0 Å². The number of carbonyl (C=O) groups is 1. The molecule has 1 N–H and O–H groups in total. The standard InChI is InChI=1S/C14H15N3O3S/c1-3-8-15-12(18)9-21-14-17-16-13(20-14)10-6-4-5-7-11(10)19-2/h3-7H,1,8-9H2,2H3,(H,15,18). The van der Waals surface area contributed by atoms with Gasteiger partial charge in [0.2, 0.25) is 5.91 Å². The van der Waals surface area contributed by atoms with E-state index in [4.69, 9.17) is 9.15 Å². The van der Waals surface area contributed by atoms with Gasteiger partial charge in [-0.3, -0.25) is 4.79 Å². The molecule has 2 rings (SSSR count). The van der Waals surface area contributed by atoms with Crippen LogP contribution in [0.5, 0.6) is 5.75 Å². The molecule has 0 atom stereocenters. The van der Waals surface area contributed by atoms with E-state index in [1.165, 1.54) is 11.8 Å². The van der Waals surface area contributed by atoms with Crippen LogP contribution < -0.4 is 10.1 Å². The van der Waals surface area contributed by atoms with Crippen LogP contribution in [-0.4, -0.2) is 35.5 Å². The zero-order valence-electron chi connectivity index (χ0n) is 11.5. The Morgan fingerprint density at radius 2 is 2.29 bits per heavy atom. The maximum Gasteiger partial charge on any atom is 0.277 e. The Hall–Kier alpha value is -2.28. The molecule has 0 aliphatic heterocycles. The zero-order chi connectivity index (χ0) is 15.1. The maximum absolute atomic E-state index is 11.5. The lowest BCUT2D eigenvalue weighted by Crippen LogP contribution is -2.24. The van der Waals surface area contributed by atoms with E-state index in [-0.39, 0.29) is 11.7 Å². The van der Waals surface area contributed by atoms with Crippen LogP contribution in [0.15, 0.2) is 46.6 Å². The number of carbonyl (C=O) groups excluding carboxylic acids is 1. The van der Waals surface area contributed by atoms with Crippen molar-refractivity contribution in [1.29, 1.82) is 0 Å². The molecule has 0 fully saturated rings. The lowest BCUT2D eigenvalue weighted by molar-refractivity contribution is -0.118. The molecule has 2 aromatic rings. The number of hydrogen-bond acceptors (Lipinski definition) is 6. The smallest absolute Gasteiger partial charge is 0.277 e. The predicted octanol–water partition coefficient (Wildman–Crippen LogP) is 2.14. The molecular formula is C14H15N3O3S.